The molecule has 0 fully saturated rings. The van der Waals surface area contributed by atoms with Crippen LogP contribution in [0, 0.1) is 0 Å². The van der Waals surface area contributed by atoms with Crippen LogP contribution < -0.4 is 5.32 Å². The quantitative estimate of drug-likeness (QED) is 0.808. The van der Waals surface area contributed by atoms with E-state index >= 15 is 0 Å². The van der Waals surface area contributed by atoms with E-state index in [-0.39, 0.29) is 18.2 Å². The molecule has 0 spiro atoms. The molecule has 106 valence electrons. The van der Waals surface area contributed by atoms with Gasteiger partial charge >= 0.3 is 5.97 Å². The number of rotatable bonds is 7. The molecule has 0 saturated carbocycles. The largest absolute Gasteiger partial charge is 0.481 e. The Morgan fingerprint density at radius 3 is 2.47 bits per heavy atom. The number of carboxylic acid groups (broad SMARTS) is 1. The first-order valence-corrected chi connectivity index (χ1v) is 7.39. The first kappa shape index (κ1) is 15.7. The highest BCUT2D eigenvalue weighted by molar-refractivity contribution is 7.10. The number of hydrogen-bond acceptors (Lipinski definition) is 3. The summed E-state index contributed by atoms with van der Waals surface area (Å²) in [7, 11) is 0. The minimum absolute atomic E-state index is 0.0388. The molecule has 1 rings (SSSR count). The van der Waals surface area contributed by atoms with Gasteiger partial charge in [0, 0.05) is 10.4 Å². The van der Waals surface area contributed by atoms with Crippen molar-refractivity contribution in [2.75, 3.05) is 0 Å². The Labute approximate surface area is 117 Å². The fourth-order valence-corrected chi connectivity index (χ4v) is 2.83. The normalized spacial score (nSPS) is 13.0. The first-order chi connectivity index (χ1) is 8.94. The predicted molar refractivity (Wildman–Crippen MR) is 76.4 cm³/mol. The predicted octanol–water partition coefficient (Wildman–Crippen LogP) is 3.00. The molecule has 5 heteroatoms. The SMILES string of the molecule is CCC(CC)(CC(=O)O)NC(=O)C(C)c1cccs1. The minimum atomic E-state index is -0.882. The molecule has 0 saturated heterocycles. The van der Waals surface area contributed by atoms with Gasteiger partial charge in [0.05, 0.1) is 12.3 Å². The summed E-state index contributed by atoms with van der Waals surface area (Å²) >= 11 is 1.54. The zero-order chi connectivity index (χ0) is 14.5. The van der Waals surface area contributed by atoms with Crippen molar-refractivity contribution in [3.8, 4) is 0 Å². The lowest BCUT2D eigenvalue weighted by molar-refractivity contribution is -0.139. The number of carboxylic acids is 1. The van der Waals surface area contributed by atoms with Crippen LogP contribution in [0.2, 0.25) is 0 Å². The van der Waals surface area contributed by atoms with Crippen LogP contribution in [0.15, 0.2) is 17.5 Å². The standard InChI is InChI=1S/C14H21NO3S/c1-4-14(5-2,9-12(16)17)15-13(18)10(3)11-7-6-8-19-11/h6-8,10H,4-5,9H2,1-3H3,(H,15,18)(H,16,17). The van der Waals surface area contributed by atoms with Crippen LogP contribution in [-0.4, -0.2) is 22.5 Å². The second-order valence-corrected chi connectivity index (χ2v) is 5.76. The lowest BCUT2D eigenvalue weighted by atomic mass is 9.88. The van der Waals surface area contributed by atoms with Crippen molar-refractivity contribution in [2.45, 2.75) is 51.5 Å². The summed E-state index contributed by atoms with van der Waals surface area (Å²) in [5.41, 5.74) is -0.644. The third kappa shape index (κ3) is 4.06. The third-order valence-electron chi connectivity index (χ3n) is 3.59. The Kier molecular flexibility index (Phi) is 5.54. The molecule has 1 heterocycles. The maximum Gasteiger partial charge on any atom is 0.305 e. The molecule has 1 atom stereocenters. The van der Waals surface area contributed by atoms with Crippen molar-refractivity contribution in [3.63, 3.8) is 0 Å². The number of nitrogens with one attached hydrogen (secondary N) is 1. The highest BCUT2D eigenvalue weighted by Gasteiger charge is 2.32. The smallest absolute Gasteiger partial charge is 0.305 e. The van der Waals surface area contributed by atoms with Gasteiger partial charge in [-0.2, -0.15) is 0 Å². The second-order valence-electron chi connectivity index (χ2n) is 4.78. The number of aliphatic carboxylic acids is 1. The van der Waals surface area contributed by atoms with Gasteiger partial charge in [-0.3, -0.25) is 9.59 Å². The summed E-state index contributed by atoms with van der Waals surface area (Å²) in [6.07, 6.45) is 1.18. The summed E-state index contributed by atoms with van der Waals surface area (Å²) in [5.74, 6) is -1.23. The fourth-order valence-electron chi connectivity index (χ4n) is 2.05. The average molecular weight is 283 g/mol. The zero-order valence-electron chi connectivity index (χ0n) is 11.6. The topological polar surface area (TPSA) is 66.4 Å². The van der Waals surface area contributed by atoms with Crippen LogP contribution in [0.3, 0.4) is 0 Å². The molecular formula is C14H21NO3S. The van der Waals surface area contributed by atoms with Gasteiger partial charge in [0.15, 0.2) is 0 Å². The van der Waals surface area contributed by atoms with Crippen molar-refractivity contribution >= 4 is 23.2 Å². The van der Waals surface area contributed by atoms with E-state index < -0.39 is 11.5 Å². The summed E-state index contributed by atoms with van der Waals surface area (Å²) in [5, 5.41) is 13.9. The minimum Gasteiger partial charge on any atom is -0.481 e. The molecule has 0 radical (unpaired) electrons. The number of amides is 1. The van der Waals surface area contributed by atoms with Crippen molar-refractivity contribution in [3.05, 3.63) is 22.4 Å². The molecule has 0 aliphatic carbocycles. The Morgan fingerprint density at radius 2 is 2.05 bits per heavy atom. The van der Waals surface area contributed by atoms with Crippen LogP contribution in [0.1, 0.15) is 50.8 Å². The van der Waals surface area contributed by atoms with Gasteiger partial charge in [0.2, 0.25) is 5.91 Å². The van der Waals surface area contributed by atoms with Crippen LogP contribution in [0.25, 0.3) is 0 Å². The van der Waals surface area contributed by atoms with Gasteiger partial charge in [0.1, 0.15) is 0 Å². The van der Waals surface area contributed by atoms with Gasteiger partial charge < -0.3 is 10.4 Å². The van der Waals surface area contributed by atoms with Gasteiger partial charge in [0.25, 0.3) is 0 Å². The number of thiophene rings is 1. The lowest BCUT2D eigenvalue weighted by Crippen LogP contribution is -2.50. The number of carbonyl (C=O) groups excluding carboxylic acids is 1. The van der Waals surface area contributed by atoms with E-state index in [4.69, 9.17) is 5.11 Å². The van der Waals surface area contributed by atoms with E-state index in [1.165, 1.54) is 11.3 Å². The van der Waals surface area contributed by atoms with Gasteiger partial charge in [-0.1, -0.05) is 19.9 Å². The first-order valence-electron chi connectivity index (χ1n) is 6.51. The summed E-state index contributed by atoms with van der Waals surface area (Å²) in [4.78, 5) is 24.2. The maximum absolute atomic E-state index is 12.3. The maximum atomic E-state index is 12.3. The molecule has 1 aromatic rings. The second kappa shape index (κ2) is 6.70. The highest BCUT2D eigenvalue weighted by Crippen LogP contribution is 2.25. The monoisotopic (exact) mass is 283 g/mol. The van der Waals surface area contributed by atoms with E-state index in [1.807, 2.05) is 38.3 Å². The van der Waals surface area contributed by atoms with Crippen LogP contribution >= 0.6 is 11.3 Å². The molecule has 4 nitrogen and oxygen atoms in total. The lowest BCUT2D eigenvalue weighted by Gasteiger charge is -2.32. The van der Waals surface area contributed by atoms with E-state index in [0.29, 0.717) is 12.8 Å². The summed E-state index contributed by atoms with van der Waals surface area (Å²) in [6, 6.07) is 3.83. The molecule has 0 aliphatic heterocycles. The van der Waals surface area contributed by atoms with Crippen molar-refractivity contribution < 1.29 is 14.7 Å². The molecule has 0 aromatic carbocycles. The van der Waals surface area contributed by atoms with Crippen LogP contribution in [-0.2, 0) is 9.59 Å². The Hall–Kier alpha value is -1.36. The van der Waals surface area contributed by atoms with E-state index in [9.17, 15) is 9.59 Å². The van der Waals surface area contributed by atoms with E-state index in [2.05, 4.69) is 5.32 Å². The Balaban J connectivity index is 2.79. The molecule has 19 heavy (non-hydrogen) atoms. The summed E-state index contributed by atoms with van der Waals surface area (Å²) < 4.78 is 0. The van der Waals surface area contributed by atoms with Gasteiger partial charge in [-0.05, 0) is 31.2 Å². The van der Waals surface area contributed by atoms with E-state index in [0.717, 1.165) is 4.88 Å². The van der Waals surface area contributed by atoms with E-state index in [1.54, 1.807) is 0 Å². The molecule has 1 aromatic heterocycles. The Morgan fingerprint density at radius 1 is 1.42 bits per heavy atom. The molecule has 2 N–H and O–H groups in total. The van der Waals surface area contributed by atoms with Crippen molar-refractivity contribution in [1.29, 1.82) is 0 Å². The molecule has 0 bridgehead atoms. The van der Waals surface area contributed by atoms with Gasteiger partial charge in [-0.15, -0.1) is 11.3 Å². The third-order valence-corrected chi connectivity index (χ3v) is 4.65. The summed E-state index contributed by atoms with van der Waals surface area (Å²) in [6.45, 7) is 5.66. The zero-order valence-corrected chi connectivity index (χ0v) is 12.4. The van der Waals surface area contributed by atoms with Crippen LogP contribution in [0.5, 0.6) is 0 Å². The Bertz CT molecular complexity index is 424. The fraction of sp³-hybridized carbons (Fsp3) is 0.571. The average Bonchev–Trinajstić information content (AvgIpc) is 2.90. The molecular weight excluding hydrogens is 262 g/mol. The van der Waals surface area contributed by atoms with Crippen molar-refractivity contribution in [1.82, 2.24) is 5.32 Å². The van der Waals surface area contributed by atoms with Crippen LogP contribution in [0.4, 0.5) is 0 Å². The highest BCUT2D eigenvalue weighted by atomic mass is 32.1. The van der Waals surface area contributed by atoms with Crippen molar-refractivity contribution in [2.24, 2.45) is 0 Å². The van der Waals surface area contributed by atoms with Gasteiger partial charge in [-0.25, -0.2) is 0 Å². The number of hydrogen-bond donors (Lipinski definition) is 2. The molecule has 1 amide bonds. The molecule has 0 aliphatic rings. The molecule has 1 unspecified atom stereocenters. The number of carbonyl (C=O) groups is 2.